The first kappa shape index (κ1) is 13.4. The number of rotatable bonds is 6. The number of nitrogens with one attached hydrogen (secondary N) is 2. The maximum atomic E-state index is 11.6. The first-order valence-electron chi connectivity index (χ1n) is 6.03. The Morgan fingerprint density at radius 1 is 1.50 bits per heavy atom. The van der Waals surface area contributed by atoms with Gasteiger partial charge >= 0.3 is 0 Å². The van der Waals surface area contributed by atoms with Gasteiger partial charge in [-0.05, 0) is 12.3 Å². The van der Waals surface area contributed by atoms with Crippen molar-refractivity contribution in [1.82, 2.24) is 15.5 Å². The largest absolute Gasteiger partial charge is 0.396 e. The molecule has 16 heavy (non-hydrogen) atoms. The van der Waals surface area contributed by atoms with Crippen molar-refractivity contribution in [2.24, 2.45) is 5.92 Å². The van der Waals surface area contributed by atoms with E-state index in [0.29, 0.717) is 19.0 Å². The topological polar surface area (TPSA) is 64.6 Å². The van der Waals surface area contributed by atoms with Crippen molar-refractivity contribution in [2.75, 3.05) is 45.9 Å². The average molecular weight is 229 g/mol. The molecule has 1 saturated heterocycles. The van der Waals surface area contributed by atoms with Crippen LogP contribution in [0.4, 0.5) is 0 Å². The van der Waals surface area contributed by atoms with E-state index in [4.69, 9.17) is 5.11 Å². The quantitative estimate of drug-likeness (QED) is 0.548. The molecule has 1 fully saturated rings. The molecule has 1 aliphatic heterocycles. The van der Waals surface area contributed by atoms with Crippen LogP contribution in [0.1, 0.15) is 13.3 Å². The highest BCUT2D eigenvalue weighted by Gasteiger charge is 2.13. The van der Waals surface area contributed by atoms with Crippen molar-refractivity contribution < 1.29 is 9.90 Å². The fourth-order valence-corrected chi connectivity index (χ4v) is 1.74. The van der Waals surface area contributed by atoms with Gasteiger partial charge in [0.1, 0.15) is 0 Å². The van der Waals surface area contributed by atoms with Crippen molar-refractivity contribution in [2.45, 2.75) is 13.3 Å². The van der Waals surface area contributed by atoms with Crippen LogP contribution in [0.3, 0.4) is 0 Å². The van der Waals surface area contributed by atoms with Crippen molar-refractivity contribution in [3.05, 3.63) is 0 Å². The molecule has 0 aromatic carbocycles. The Morgan fingerprint density at radius 3 is 2.81 bits per heavy atom. The Hall–Kier alpha value is -0.650. The van der Waals surface area contributed by atoms with Crippen molar-refractivity contribution >= 4 is 5.91 Å². The van der Waals surface area contributed by atoms with Gasteiger partial charge in [0.05, 0.1) is 6.54 Å². The molecule has 1 amide bonds. The minimum atomic E-state index is 0.0895. The van der Waals surface area contributed by atoms with Crippen LogP contribution in [0.5, 0.6) is 0 Å². The molecule has 94 valence electrons. The summed E-state index contributed by atoms with van der Waals surface area (Å²) in [6.07, 6.45) is 0.744. The van der Waals surface area contributed by atoms with Gasteiger partial charge in [-0.25, -0.2) is 0 Å². The van der Waals surface area contributed by atoms with Crippen molar-refractivity contribution in [1.29, 1.82) is 0 Å². The Bertz CT molecular complexity index is 205. The Morgan fingerprint density at radius 2 is 2.19 bits per heavy atom. The van der Waals surface area contributed by atoms with Gasteiger partial charge in [-0.15, -0.1) is 0 Å². The molecule has 0 aromatic rings. The zero-order valence-corrected chi connectivity index (χ0v) is 10.0. The standard InChI is InChI=1S/C11H23N3O2/c1-10(2-7-15)8-13-11(16)9-14-5-3-12-4-6-14/h10,12,15H,2-9H2,1H3,(H,13,16). The van der Waals surface area contributed by atoms with E-state index in [1.54, 1.807) is 0 Å². The van der Waals surface area contributed by atoms with Crippen molar-refractivity contribution in [3.8, 4) is 0 Å². The molecule has 1 rings (SSSR count). The highest BCUT2D eigenvalue weighted by Crippen LogP contribution is 1.98. The summed E-state index contributed by atoms with van der Waals surface area (Å²) in [6.45, 7) is 7.19. The van der Waals surface area contributed by atoms with Gasteiger partial charge in [0.15, 0.2) is 0 Å². The molecular weight excluding hydrogens is 206 g/mol. The van der Waals surface area contributed by atoms with Crippen LogP contribution in [0, 0.1) is 5.92 Å². The number of carbonyl (C=O) groups is 1. The molecule has 0 saturated carbocycles. The molecule has 1 unspecified atom stereocenters. The lowest BCUT2D eigenvalue weighted by Crippen LogP contribution is -2.47. The maximum absolute atomic E-state index is 11.6. The zero-order valence-electron chi connectivity index (χ0n) is 10.0. The van der Waals surface area contributed by atoms with E-state index >= 15 is 0 Å². The summed E-state index contributed by atoms with van der Waals surface area (Å²) >= 11 is 0. The van der Waals surface area contributed by atoms with Crippen LogP contribution in [-0.2, 0) is 4.79 Å². The number of aliphatic hydroxyl groups excluding tert-OH is 1. The number of aliphatic hydroxyl groups is 1. The summed E-state index contributed by atoms with van der Waals surface area (Å²) in [4.78, 5) is 13.7. The summed E-state index contributed by atoms with van der Waals surface area (Å²) in [5.41, 5.74) is 0. The van der Waals surface area contributed by atoms with E-state index < -0.39 is 0 Å². The number of piperazine rings is 1. The summed E-state index contributed by atoms with van der Waals surface area (Å²) in [7, 11) is 0. The Balaban J connectivity index is 2.10. The van der Waals surface area contributed by atoms with Crippen LogP contribution < -0.4 is 10.6 Å². The van der Waals surface area contributed by atoms with Crippen LogP contribution in [-0.4, -0.2) is 61.8 Å². The average Bonchev–Trinajstić information content (AvgIpc) is 2.28. The molecule has 1 atom stereocenters. The molecule has 5 nitrogen and oxygen atoms in total. The molecule has 0 spiro atoms. The summed E-state index contributed by atoms with van der Waals surface area (Å²) in [5.74, 6) is 0.434. The molecule has 0 aromatic heterocycles. The highest BCUT2D eigenvalue weighted by atomic mass is 16.3. The van der Waals surface area contributed by atoms with Gasteiger partial charge in [0, 0.05) is 39.3 Å². The smallest absolute Gasteiger partial charge is 0.234 e. The highest BCUT2D eigenvalue weighted by molar-refractivity contribution is 5.78. The van der Waals surface area contributed by atoms with E-state index in [9.17, 15) is 4.79 Å². The van der Waals surface area contributed by atoms with Crippen LogP contribution in [0.25, 0.3) is 0 Å². The minimum Gasteiger partial charge on any atom is -0.396 e. The fourth-order valence-electron chi connectivity index (χ4n) is 1.74. The second-order valence-corrected chi connectivity index (χ2v) is 4.45. The minimum absolute atomic E-state index is 0.0895. The molecule has 0 bridgehead atoms. The summed E-state index contributed by atoms with van der Waals surface area (Å²) < 4.78 is 0. The zero-order chi connectivity index (χ0) is 11.8. The number of nitrogens with zero attached hydrogens (tertiary/aromatic N) is 1. The second-order valence-electron chi connectivity index (χ2n) is 4.45. The number of hydrogen-bond acceptors (Lipinski definition) is 4. The predicted octanol–water partition coefficient (Wildman–Crippen LogP) is -0.974. The molecule has 0 aliphatic carbocycles. The van der Waals surface area contributed by atoms with Gasteiger partial charge < -0.3 is 15.7 Å². The van der Waals surface area contributed by atoms with E-state index in [1.807, 2.05) is 6.92 Å². The van der Waals surface area contributed by atoms with Gasteiger partial charge in [0.2, 0.25) is 5.91 Å². The molecule has 1 aliphatic rings. The lowest BCUT2D eigenvalue weighted by atomic mass is 10.1. The van der Waals surface area contributed by atoms with Gasteiger partial charge in [-0.2, -0.15) is 0 Å². The lowest BCUT2D eigenvalue weighted by molar-refractivity contribution is -0.122. The van der Waals surface area contributed by atoms with Gasteiger partial charge in [0.25, 0.3) is 0 Å². The van der Waals surface area contributed by atoms with Crippen molar-refractivity contribution in [3.63, 3.8) is 0 Å². The van der Waals surface area contributed by atoms with E-state index in [2.05, 4.69) is 15.5 Å². The number of amides is 1. The van der Waals surface area contributed by atoms with Crippen LogP contribution in [0.2, 0.25) is 0 Å². The number of carbonyl (C=O) groups excluding carboxylic acids is 1. The SMILES string of the molecule is CC(CCO)CNC(=O)CN1CCNCC1. The third-order valence-corrected chi connectivity index (χ3v) is 2.85. The Labute approximate surface area is 97.2 Å². The molecule has 3 N–H and O–H groups in total. The van der Waals surface area contributed by atoms with Crippen LogP contribution >= 0.6 is 0 Å². The second kappa shape index (κ2) is 7.60. The summed E-state index contributed by atoms with van der Waals surface area (Å²) in [6, 6.07) is 0. The monoisotopic (exact) mass is 229 g/mol. The molecule has 0 radical (unpaired) electrons. The Kier molecular flexibility index (Phi) is 6.37. The third kappa shape index (κ3) is 5.44. The fraction of sp³-hybridized carbons (Fsp3) is 0.909. The lowest BCUT2D eigenvalue weighted by Gasteiger charge is -2.26. The normalized spacial score (nSPS) is 19.4. The maximum Gasteiger partial charge on any atom is 0.234 e. The van der Waals surface area contributed by atoms with Gasteiger partial charge in [-0.3, -0.25) is 9.69 Å². The number of hydrogen-bond donors (Lipinski definition) is 3. The predicted molar refractivity (Wildman–Crippen MR) is 63.2 cm³/mol. The van der Waals surface area contributed by atoms with Gasteiger partial charge in [-0.1, -0.05) is 6.92 Å². The van der Waals surface area contributed by atoms with Crippen LogP contribution in [0.15, 0.2) is 0 Å². The first-order chi connectivity index (χ1) is 7.72. The van der Waals surface area contributed by atoms with E-state index in [0.717, 1.165) is 32.6 Å². The first-order valence-corrected chi connectivity index (χ1v) is 6.03. The molecular formula is C11H23N3O2. The van der Waals surface area contributed by atoms with E-state index in [-0.39, 0.29) is 12.5 Å². The third-order valence-electron chi connectivity index (χ3n) is 2.85. The summed E-state index contributed by atoms with van der Waals surface area (Å²) in [5, 5.41) is 14.9. The molecule has 1 heterocycles. The molecule has 5 heteroatoms. The van der Waals surface area contributed by atoms with E-state index in [1.165, 1.54) is 0 Å².